The molecule has 2 heterocycles. The molecule has 1 amide bonds. The molecular weight excluding hydrogens is 340 g/mol. The van der Waals surface area contributed by atoms with Crippen molar-refractivity contribution in [2.45, 2.75) is 40.2 Å². The third-order valence-corrected chi connectivity index (χ3v) is 4.60. The van der Waals surface area contributed by atoms with Crippen molar-refractivity contribution in [3.63, 3.8) is 0 Å². The Morgan fingerprint density at radius 2 is 2.05 bits per heavy atom. The average molecular weight is 357 g/mol. The summed E-state index contributed by atoms with van der Waals surface area (Å²) < 4.78 is 6.12. The second-order valence-electron chi connectivity index (χ2n) is 5.63. The normalized spacial score (nSPS) is 11.7. The Bertz CT molecular complexity index is 674. The van der Waals surface area contributed by atoms with E-state index in [2.05, 4.69) is 26.2 Å². The predicted octanol–water partition coefficient (Wildman–Crippen LogP) is 5.02. The molecule has 0 aliphatic carbocycles. The fourth-order valence-electron chi connectivity index (χ4n) is 1.88. The summed E-state index contributed by atoms with van der Waals surface area (Å²) in [6.07, 6.45) is -0.459. The Morgan fingerprint density at radius 1 is 1.40 bits per heavy atom. The van der Waals surface area contributed by atoms with Gasteiger partial charge in [0.1, 0.15) is 15.4 Å². The predicted molar refractivity (Wildman–Crippen MR) is 86.7 cm³/mol. The molecule has 4 nitrogen and oxygen atoms in total. The fourth-order valence-corrected chi connectivity index (χ4v) is 3.92. The van der Waals surface area contributed by atoms with Crippen molar-refractivity contribution in [3.05, 3.63) is 21.8 Å². The highest BCUT2D eigenvalue weighted by Gasteiger charge is 2.20. The minimum Gasteiger partial charge on any atom is -0.444 e. The van der Waals surface area contributed by atoms with Crippen molar-refractivity contribution in [1.82, 2.24) is 4.98 Å². The van der Waals surface area contributed by atoms with Crippen molar-refractivity contribution in [1.29, 1.82) is 0 Å². The molecule has 0 unspecified atom stereocenters. The van der Waals surface area contributed by atoms with Gasteiger partial charge in [0.05, 0.1) is 4.47 Å². The van der Waals surface area contributed by atoms with Crippen molar-refractivity contribution in [2.75, 3.05) is 5.32 Å². The summed E-state index contributed by atoms with van der Waals surface area (Å²) in [5.74, 6) is 0. The Balaban J connectivity index is 2.34. The largest absolute Gasteiger partial charge is 0.444 e. The zero-order valence-electron chi connectivity index (χ0n) is 12.1. The zero-order valence-corrected chi connectivity index (χ0v) is 14.5. The quantitative estimate of drug-likeness (QED) is 0.779. The van der Waals surface area contributed by atoms with E-state index >= 15 is 0 Å². The van der Waals surface area contributed by atoms with Crippen LogP contribution in [0.5, 0.6) is 0 Å². The van der Waals surface area contributed by atoms with Crippen molar-refractivity contribution in [3.8, 4) is 0 Å². The van der Waals surface area contributed by atoms with Gasteiger partial charge in [-0.1, -0.05) is 11.3 Å². The van der Waals surface area contributed by atoms with Crippen LogP contribution in [0, 0.1) is 13.8 Å². The van der Waals surface area contributed by atoms with Gasteiger partial charge in [-0.15, -0.1) is 0 Å². The first-order chi connectivity index (χ1) is 9.17. The van der Waals surface area contributed by atoms with Crippen LogP contribution in [0.4, 0.5) is 9.80 Å². The van der Waals surface area contributed by atoms with E-state index in [4.69, 9.17) is 4.74 Å². The molecule has 1 N–H and O–H groups in total. The van der Waals surface area contributed by atoms with Gasteiger partial charge in [0, 0.05) is 11.1 Å². The third kappa shape index (κ3) is 3.30. The van der Waals surface area contributed by atoms with Crippen molar-refractivity contribution >= 4 is 48.6 Å². The number of pyridine rings is 1. The number of rotatable bonds is 1. The van der Waals surface area contributed by atoms with Crippen LogP contribution in [-0.2, 0) is 4.74 Å². The average Bonchev–Trinajstić information content (AvgIpc) is 2.52. The number of thiophene rings is 1. The van der Waals surface area contributed by atoms with E-state index in [0.717, 1.165) is 30.9 Å². The molecule has 0 aromatic carbocycles. The summed E-state index contributed by atoms with van der Waals surface area (Å²) in [5, 5.41) is 4.53. The molecule has 0 spiro atoms. The van der Waals surface area contributed by atoms with Crippen molar-refractivity contribution in [2.24, 2.45) is 0 Å². The number of nitrogens with one attached hydrogen (secondary N) is 1. The highest BCUT2D eigenvalue weighted by atomic mass is 79.9. The summed E-state index contributed by atoms with van der Waals surface area (Å²) in [6, 6.07) is 2.02. The molecule has 0 saturated carbocycles. The second kappa shape index (κ2) is 5.33. The van der Waals surface area contributed by atoms with E-state index < -0.39 is 11.7 Å². The van der Waals surface area contributed by atoms with Crippen LogP contribution in [0.25, 0.3) is 10.2 Å². The van der Waals surface area contributed by atoms with Gasteiger partial charge in [-0.3, -0.25) is 5.32 Å². The molecule has 108 valence electrons. The molecule has 20 heavy (non-hydrogen) atoms. The minimum atomic E-state index is -0.516. The Kier molecular flexibility index (Phi) is 4.07. The smallest absolute Gasteiger partial charge is 0.412 e. The highest BCUT2D eigenvalue weighted by Crippen LogP contribution is 2.40. The van der Waals surface area contributed by atoms with E-state index in [1.807, 2.05) is 40.7 Å². The Hall–Kier alpha value is -1.14. The first-order valence-electron chi connectivity index (χ1n) is 6.23. The van der Waals surface area contributed by atoms with Gasteiger partial charge in [-0.2, -0.15) is 0 Å². The first kappa shape index (κ1) is 15.3. The molecule has 0 bridgehead atoms. The molecule has 2 rings (SSSR count). The van der Waals surface area contributed by atoms with Gasteiger partial charge in [-0.25, -0.2) is 9.78 Å². The molecule has 0 saturated heterocycles. The molecule has 0 aliphatic rings. The van der Waals surface area contributed by atoms with Crippen LogP contribution in [0.3, 0.4) is 0 Å². The number of halogens is 1. The molecule has 2 aromatic rings. The SMILES string of the molecule is Cc1cc(C)c2c(Br)c(NC(=O)OC(C)(C)C)sc2n1. The number of anilines is 1. The zero-order chi connectivity index (χ0) is 15.1. The lowest BCUT2D eigenvalue weighted by molar-refractivity contribution is 0.0636. The van der Waals surface area contributed by atoms with E-state index in [-0.39, 0.29) is 0 Å². The topological polar surface area (TPSA) is 51.2 Å². The Morgan fingerprint density at radius 3 is 2.65 bits per heavy atom. The van der Waals surface area contributed by atoms with Crippen LogP contribution >= 0.6 is 27.3 Å². The summed E-state index contributed by atoms with van der Waals surface area (Å²) in [6.45, 7) is 9.50. The highest BCUT2D eigenvalue weighted by molar-refractivity contribution is 9.10. The van der Waals surface area contributed by atoms with Crippen molar-refractivity contribution < 1.29 is 9.53 Å². The maximum absolute atomic E-state index is 11.8. The standard InChI is InChI=1S/C14H17BrN2O2S/c1-7-6-8(2)16-11-9(7)10(15)12(20-11)17-13(18)19-14(3,4)5/h6H,1-5H3,(H,17,18). The summed E-state index contributed by atoms with van der Waals surface area (Å²) in [5.41, 5.74) is 1.58. The number of amides is 1. The van der Waals surface area contributed by atoms with E-state index in [0.29, 0.717) is 0 Å². The maximum Gasteiger partial charge on any atom is 0.412 e. The van der Waals surface area contributed by atoms with E-state index in [9.17, 15) is 4.79 Å². The maximum atomic E-state index is 11.8. The number of carbonyl (C=O) groups excluding carboxylic acids is 1. The lowest BCUT2D eigenvalue weighted by atomic mass is 10.2. The molecule has 0 aliphatic heterocycles. The van der Waals surface area contributed by atoms with E-state index in [1.165, 1.54) is 11.3 Å². The second-order valence-corrected chi connectivity index (χ2v) is 7.42. The number of carbonyl (C=O) groups is 1. The number of aromatic nitrogens is 1. The van der Waals surface area contributed by atoms with Gasteiger partial charge in [0.2, 0.25) is 0 Å². The molecule has 0 atom stereocenters. The number of ether oxygens (including phenoxy) is 1. The van der Waals surface area contributed by atoms with Crippen LogP contribution in [-0.4, -0.2) is 16.7 Å². The number of nitrogens with zero attached hydrogens (tertiary/aromatic N) is 1. The number of hydrogen-bond donors (Lipinski definition) is 1. The summed E-state index contributed by atoms with van der Waals surface area (Å²) in [4.78, 5) is 17.2. The summed E-state index contributed by atoms with van der Waals surface area (Å²) >= 11 is 4.97. The van der Waals surface area contributed by atoms with Crippen LogP contribution in [0.1, 0.15) is 32.0 Å². The minimum absolute atomic E-state index is 0.459. The van der Waals surface area contributed by atoms with Gasteiger partial charge in [0.25, 0.3) is 0 Å². The fraction of sp³-hybridized carbons (Fsp3) is 0.429. The molecule has 0 fully saturated rings. The monoisotopic (exact) mass is 356 g/mol. The first-order valence-corrected chi connectivity index (χ1v) is 7.84. The summed E-state index contributed by atoms with van der Waals surface area (Å²) in [7, 11) is 0. The van der Waals surface area contributed by atoms with Crippen LogP contribution in [0.2, 0.25) is 0 Å². The third-order valence-electron chi connectivity index (χ3n) is 2.54. The molecule has 0 radical (unpaired) electrons. The van der Waals surface area contributed by atoms with Gasteiger partial charge >= 0.3 is 6.09 Å². The number of fused-ring (bicyclic) bond motifs is 1. The number of aryl methyl sites for hydroxylation is 2. The van der Waals surface area contributed by atoms with E-state index in [1.54, 1.807) is 0 Å². The molecule has 6 heteroatoms. The number of hydrogen-bond acceptors (Lipinski definition) is 4. The lowest BCUT2D eigenvalue weighted by Crippen LogP contribution is -2.27. The van der Waals surface area contributed by atoms with Gasteiger partial charge in [-0.05, 0) is 62.2 Å². The lowest BCUT2D eigenvalue weighted by Gasteiger charge is -2.19. The van der Waals surface area contributed by atoms with Gasteiger partial charge < -0.3 is 4.74 Å². The molecular formula is C14H17BrN2O2S. The van der Waals surface area contributed by atoms with Gasteiger partial charge in [0.15, 0.2) is 0 Å². The Labute approximate surface area is 130 Å². The molecule has 2 aromatic heterocycles. The van der Waals surface area contributed by atoms with Crippen LogP contribution < -0.4 is 5.32 Å². The van der Waals surface area contributed by atoms with Crippen LogP contribution in [0.15, 0.2) is 10.5 Å².